The van der Waals surface area contributed by atoms with Gasteiger partial charge in [0.2, 0.25) is 5.91 Å². The van der Waals surface area contributed by atoms with Gasteiger partial charge in [0, 0.05) is 50.9 Å². The van der Waals surface area contributed by atoms with Crippen molar-refractivity contribution in [3.63, 3.8) is 0 Å². The van der Waals surface area contributed by atoms with Crippen LogP contribution < -0.4 is 10.1 Å². The molecule has 4 rings (SSSR count). The van der Waals surface area contributed by atoms with E-state index in [1.807, 2.05) is 0 Å². The minimum absolute atomic E-state index is 0.224. The Morgan fingerprint density at radius 3 is 2.57 bits per heavy atom. The van der Waals surface area contributed by atoms with Crippen LogP contribution in [0, 0.1) is 11.6 Å². The standard InChI is InChI=1S/C21H23F2N3O2/c22-18-3-2-17(12-19(18)23)24-21(27)14-26-8-6-25(7-9-26)13-15-1-4-20-16(11-15)5-10-28-20/h1-4,11-12H,5-10,13-14H2,(H,24,27). The Kier molecular flexibility index (Phi) is 5.54. The van der Waals surface area contributed by atoms with E-state index in [0.717, 1.165) is 63.6 Å². The Labute approximate surface area is 162 Å². The normalized spacial score (nSPS) is 17.2. The maximum absolute atomic E-state index is 13.2. The maximum atomic E-state index is 13.2. The number of nitrogens with zero attached hydrogens (tertiary/aromatic N) is 2. The number of hydrogen-bond acceptors (Lipinski definition) is 4. The molecule has 0 spiro atoms. The van der Waals surface area contributed by atoms with Crippen LogP contribution in [0.5, 0.6) is 5.75 Å². The van der Waals surface area contributed by atoms with E-state index >= 15 is 0 Å². The van der Waals surface area contributed by atoms with E-state index in [-0.39, 0.29) is 18.1 Å². The van der Waals surface area contributed by atoms with Crippen LogP contribution in [0.1, 0.15) is 11.1 Å². The summed E-state index contributed by atoms with van der Waals surface area (Å²) in [5, 5.41) is 2.62. The topological polar surface area (TPSA) is 44.8 Å². The Hall–Kier alpha value is -2.51. The van der Waals surface area contributed by atoms with Gasteiger partial charge in [0.15, 0.2) is 11.6 Å². The van der Waals surface area contributed by atoms with Gasteiger partial charge in [-0.15, -0.1) is 0 Å². The largest absolute Gasteiger partial charge is 0.493 e. The summed E-state index contributed by atoms with van der Waals surface area (Å²) in [6.45, 7) is 5.24. The van der Waals surface area contributed by atoms with Crippen LogP contribution >= 0.6 is 0 Å². The number of amides is 1. The third-order valence-electron chi connectivity index (χ3n) is 5.20. The molecule has 0 aromatic heterocycles. The molecule has 2 aliphatic rings. The van der Waals surface area contributed by atoms with E-state index in [1.54, 1.807) is 0 Å². The predicted molar refractivity (Wildman–Crippen MR) is 102 cm³/mol. The van der Waals surface area contributed by atoms with Gasteiger partial charge >= 0.3 is 0 Å². The molecular formula is C21H23F2N3O2. The summed E-state index contributed by atoms with van der Waals surface area (Å²) in [5.74, 6) is -1.12. The minimum Gasteiger partial charge on any atom is -0.493 e. The van der Waals surface area contributed by atoms with Crippen LogP contribution in [-0.2, 0) is 17.8 Å². The number of rotatable bonds is 5. The molecule has 7 heteroatoms. The number of halogens is 2. The zero-order chi connectivity index (χ0) is 19.5. The molecule has 0 bridgehead atoms. The summed E-state index contributed by atoms with van der Waals surface area (Å²) in [6.07, 6.45) is 0.976. The lowest BCUT2D eigenvalue weighted by Crippen LogP contribution is -2.48. The number of ether oxygens (including phenoxy) is 1. The number of fused-ring (bicyclic) bond motifs is 1. The average molecular weight is 387 g/mol. The second-order valence-electron chi connectivity index (χ2n) is 7.27. The SMILES string of the molecule is O=C(CN1CCN(Cc2ccc3c(c2)CCO3)CC1)Nc1ccc(F)c(F)c1. The van der Waals surface area contributed by atoms with E-state index in [4.69, 9.17) is 4.74 Å². The number of carbonyl (C=O) groups is 1. The molecule has 0 saturated carbocycles. The van der Waals surface area contributed by atoms with Gasteiger partial charge in [-0.05, 0) is 29.3 Å². The smallest absolute Gasteiger partial charge is 0.238 e. The lowest BCUT2D eigenvalue weighted by atomic mass is 10.1. The van der Waals surface area contributed by atoms with Crippen molar-refractivity contribution < 1.29 is 18.3 Å². The van der Waals surface area contributed by atoms with Crippen molar-refractivity contribution in [2.24, 2.45) is 0 Å². The fourth-order valence-electron chi connectivity index (χ4n) is 3.68. The predicted octanol–water partition coefficient (Wildman–Crippen LogP) is 2.66. The van der Waals surface area contributed by atoms with Crippen molar-refractivity contribution in [3.8, 4) is 5.75 Å². The van der Waals surface area contributed by atoms with E-state index in [2.05, 4.69) is 33.3 Å². The summed E-state index contributed by atoms with van der Waals surface area (Å²) < 4.78 is 31.7. The summed E-state index contributed by atoms with van der Waals surface area (Å²) in [6, 6.07) is 9.75. The maximum Gasteiger partial charge on any atom is 0.238 e. The first-order chi connectivity index (χ1) is 13.6. The number of hydrogen-bond donors (Lipinski definition) is 1. The van der Waals surface area contributed by atoms with E-state index in [1.165, 1.54) is 17.2 Å². The summed E-state index contributed by atoms with van der Waals surface area (Å²) in [7, 11) is 0. The van der Waals surface area contributed by atoms with Crippen molar-refractivity contribution in [1.82, 2.24) is 9.80 Å². The molecule has 1 fully saturated rings. The van der Waals surface area contributed by atoms with Crippen molar-refractivity contribution in [3.05, 3.63) is 59.2 Å². The van der Waals surface area contributed by atoms with Gasteiger partial charge in [-0.2, -0.15) is 0 Å². The number of piperazine rings is 1. The average Bonchev–Trinajstić information content (AvgIpc) is 3.14. The zero-order valence-electron chi connectivity index (χ0n) is 15.6. The van der Waals surface area contributed by atoms with E-state index < -0.39 is 11.6 Å². The van der Waals surface area contributed by atoms with Crippen molar-refractivity contribution in [1.29, 1.82) is 0 Å². The lowest BCUT2D eigenvalue weighted by Gasteiger charge is -2.34. The highest BCUT2D eigenvalue weighted by molar-refractivity contribution is 5.92. The Morgan fingerprint density at radius 2 is 1.79 bits per heavy atom. The van der Waals surface area contributed by atoms with Crippen molar-refractivity contribution in [2.75, 3.05) is 44.6 Å². The molecular weight excluding hydrogens is 364 g/mol. The molecule has 5 nitrogen and oxygen atoms in total. The molecule has 0 unspecified atom stereocenters. The van der Waals surface area contributed by atoms with Crippen LogP contribution in [0.4, 0.5) is 14.5 Å². The number of anilines is 1. The van der Waals surface area contributed by atoms with E-state index in [0.29, 0.717) is 0 Å². The van der Waals surface area contributed by atoms with Crippen LogP contribution in [-0.4, -0.2) is 55.0 Å². The third kappa shape index (κ3) is 4.48. The highest BCUT2D eigenvalue weighted by Crippen LogP contribution is 2.26. The van der Waals surface area contributed by atoms with Gasteiger partial charge in [-0.25, -0.2) is 8.78 Å². The van der Waals surface area contributed by atoms with Gasteiger partial charge in [0.05, 0.1) is 13.2 Å². The molecule has 0 radical (unpaired) electrons. The Morgan fingerprint density at radius 1 is 1.00 bits per heavy atom. The second-order valence-corrected chi connectivity index (χ2v) is 7.27. The lowest BCUT2D eigenvalue weighted by molar-refractivity contribution is -0.117. The van der Waals surface area contributed by atoms with Crippen LogP contribution in [0.3, 0.4) is 0 Å². The first-order valence-electron chi connectivity index (χ1n) is 9.51. The summed E-state index contributed by atoms with van der Waals surface area (Å²) in [4.78, 5) is 16.6. The first-order valence-corrected chi connectivity index (χ1v) is 9.51. The molecule has 0 aliphatic carbocycles. The minimum atomic E-state index is -0.968. The molecule has 2 aromatic rings. The fourth-order valence-corrected chi connectivity index (χ4v) is 3.68. The van der Waals surface area contributed by atoms with E-state index in [9.17, 15) is 13.6 Å². The van der Waals surface area contributed by atoms with Crippen molar-refractivity contribution in [2.45, 2.75) is 13.0 Å². The van der Waals surface area contributed by atoms with Crippen LogP contribution in [0.15, 0.2) is 36.4 Å². The molecule has 2 heterocycles. The molecule has 0 atom stereocenters. The van der Waals surface area contributed by atoms with Gasteiger partial charge in [0.1, 0.15) is 5.75 Å². The van der Waals surface area contributed by atoms with Crippen molar-refractivity contribution >= 4 is 11.6 Å². The molecule has 1 amide bonds. The van der Waals surface area contributed by atoms with Gasteiger partial charge in [-0.1, -0.05) is 12.1 Å². The van der Waals surface area contributed by atoms with Gasteiger partial charge in [-0.3, -0.25) is 14.6 Å². The fraction of sp³-hybridized carbons (Fsp3) is 0.381. The monoisotopic (exact) mass is 387 g/mol. The molecule has 148 valence electrons. The number of carbonyl (C=O) groups excluding carboxylic acids is 1. The summed E-state index contributed by atoms with van der Waals surface area (Å²) >= 11 is 0. The highest BCUT2D eigenvalue weighted by Gasteiger charge is 2.20. The van der Waals surface area contributed by atoms with Crippen LogP contribution in [0.2, 0.25) is 0 Å². The Bertz CT molecular complexity index is 867. The molecule has 28 heavy (non-hydrogen) atoms. The summed E-state index contributed by atoms with van der Waals surface area (Å²) in [5.41, 5.74) is 2.84. The quantitative estimate of drug-likeness (QED) is 0.857. The zero-order valence-corrected chi connectivity index (χ0v) is 15.6. The molecule has 1 N–H and O–H groups in total. The van der Waals surface area contributed by atoms with Gasteiger partial charge in [0.25, 0.3) is 0 Å². The number of nitrogens with one attached hydrogen (secondary N) is 1. The first kappa shape index (κ1) is 18.8. The molecule has 2 aromatic carbocycles. The third-order valence-corrected chi connectivity index (χ3v) is 5.20. The highest BCUT2D eigenvalue weighted by atomic mass is 19.2. The van der Waals surface area contributed by atoms with Gasteiger partial charge < -0.3 is 10.1 Å². The second kappa shape index (κ2) is 8.24. The molecule has 1 saturated heterocycles. The van der Waals surface area contributed by atoms with Crippen LogP contribution in [0.25, 0.3) is 0 Å². The molecule has 2 aliphatic heterocycles. The number of benzene rings is 2. The Balaban J connectivity index is 1.23.